The molecule has 11 heavy (non-hydrogen) atoms. The van der Waals surface area contributed by atoms with E-state index >= 15 is 0 Å². The summed E-state index contributed by atoms with van der Waals surface area (Å²) >= 11 is 0. The van der Waals surface area contributed by atoms with Gasteiger partial charge in [0, 0.05) is 0 Å². The Bertz CT molecular complexity index is 112. The van der Waals surface area contributed by atoms with Crippen molar-refractivity contribution < 1.29 is 21.1 Å². The predicted molar refractivity (Wildman–Crippen MR) is 50.0 cm³/mol. The van der Waals surface area contributed by atoms with Crippen LogP contribution in [0.4, 0.5) is 0 Å². The van der Waals surface area contributed by atoms with Gasteiger partial charge in [-0.15, -0.1) is 6.42 Å². The molecule has 0 unspecified atom stereocenters. The predicted octanol–water partition coefficient (Wildman–Crippen LogP) is 3.43. The summed E-state index contributed by atoms with van der Waals surface area (Å²) in [5.74, 6) is 0. The van der Waals surface area contributed by atoms with Gasteiger partial charge < -0.3 is 22.3 Å². The van der Waals surface area contributed by atoms with Crippen molar-refractivity contribution in [1.82, 2.24) is 0 Å². The molecule has 0 heterocycles. The fourth-order valence-corrected chi connectivity index (χ4v) is 0.693. The molecule has 0 spiro atoms. The first-order valence-corrected chi connectivity index (χ1v) is 2.69. The van der Waals surface area contributed by atoms with Crippen molar-refractivity contribution in [2.24, 2.45) is 0 Å². The summed E-state index contributed by atoms with van der Waals surface area (Å²) in [5.41, 5.74) is 1.36. The van der Waals surface area contributed by atoms with Gasteiger partial charge in [0.25, 0.3) is 0 Å². The van der Waals surface area contributed by atoms with Gasteiger partial charge in [-0.25, -0.2) is 11.6 Å². The van der Waals surface area contributed by atoms with Crippen LogP contribution in [0.25, 0.3) is 0 Å². The van der Waals surface area contributed by atoms with E-state index in [1.54, 1.807) is 0 Å². The molecule has 0 saturated carbocycles. The van der Waals surface area contributed by atoms with Crippen LogP contribution in [-0.4, -0.2) is 0 Å². The molecule has 0 aromatic carbocycles. The van der Waals surface area contributed by atoms with E-state index in [1.165, 1.54) is 5.57 Å². The maximum atomic E-state index is 3.21. The van der Waals surface area contributed by atoms with Crippen LogP contribution in [0.1, 0.15) is 19.8 Å². The average Bonchev–Trinajstić information content (AvgIpc) is 2.14. The minimum Gasteiger partial charge on any atom is -0.358 e. The monoisotopic (exact) mass is 333 g/mol. The van der Waals surface area contributed by atoms with Crippen molar-refractivity contribution in [2.45, 2.75) is 19.8 Å². The maximum Gasteiger partial charge on any atom is 4.00 e. The molecule has 0 atom stereocenters. The molecular formula is C10H18Pt. The third-order valence-corrected chi connectivity index (χ3v) is 1.15. The number of allylic oxidation sites excluding steroid dienone is 4. The zero-order valence-electron chi connectivity index (χ0n) is 7.89. The van der Waals surface area contributed by atoms with Gasteiger partial charge >= 0.3 is 21.1 Å². The van der Waals surface area contributed by atoms with Gasteiger partial charge in [0.1, 0.15) is 0 Å². The molecular weight excluding hydrogens is 315 g/mol. The van der Waals surface area contributed by atoms with E-state index in [4.69, 9.17) is 0 Å². The van der Waals surface area contributed by atoms with E-state index in [-0.39, 0.29) is 43.3 Å². The topological polar surface area (TPSA) is 0 Å². The van der Waals surface area contributed by atoms with E-state index < -0.39 is 0 Å². The van der Waals surface area contributed by atoms with Crippen LogP contribution < -0.4 is 0 Å². The van der Waals surface area contributed by atoms with Crippen LogP contribution in [0.3, 0.4) is 0 Å². The first kappa shape index (κ1) is 22.5. The van der Waals surface area contributed by atoms with E-state index in [1.807, 2.05) is 0 Å². The molecule has 0 fully saturated rings. The minimum absolute atomic E-state index is 0. The molecule has 0 N–H and O–H groups in total. The Morgan fingerprint density at radius 2 is 1.91 bits per heavy atom. The van der Waals surface area contributed by atoms with Gasteiger partial charge in [-0.3, -0.25) is 6.08 Å². The molecule has 1 rings (SSSR count). The molecule has 0 aromatic rings. The summed E-state index contributed by atoms with van der Waals surface area (Å²) in [4.78, 5) is 0. The van der Waals surface area contributed by atoms with Crippen LogP contribution in [0.15, 0.2) is 17.7 Å². The molecule has 0 nitrogen and oxygen atoms in total. The average molecular weight is 333 g/mol. The zero-order chi connectivity index (χ0) is 5.11. The first-order chi connectivity index (χ1) is 3.43. The third-order valence-electron chi connectivity index (χ3n) is 1.15. The second-order valence-corrected chi connectivity index (χ2v) is 1.66. The van der Waals surface area contributed by atoms with Gasteiger partial charge in [0.15, 0.2) is 0 Å². The van der Waals surface area contributed by atoms with Crippen molar-refractivity contribution in [3.63, 3.8) is 0 Å². The van der Waals surface area contributed by atoms with Crippen LogP contribution in [0, 0.1) is 28.4 Å². The molecule has 1 aliphatic carbocycles. The molecule has 0 aliphatic heterocycles. The summed E-state index contributed by atoms with van der Waals surface area (Å²) in [6, 6.07) is 0. The van der Waals surface area contributed by atoms with Gasteiger partial charge in [-0.1, -0.05) is 13.3 Å². The zero-order valence-corrected chi connectivity index (χ0v) is 10.2. The van der Waals surface area contributed by atoms with Gasteiger partial charge in [-0.2, -0.15) is 6.08 Å². The number of hydrogen-bond donors (Lipinski definition) is 0. The molecule has 1 heteroatoms. The van der Waals surface area contributed by atoms with Gasteiger partial charge in [-0.05, 0) is 0 Å². The molecule has 0 amide bonds. The van der Waals surface area contributed by atoms with Crippen LogP contribution in [0.5, 0.6) is 0 Å². The molecule has 0 radical (unpaired) electrons. The van der Waals surface area contributed by atoms with E-state index in [0.29, 0.717) is 0 Å². The second kappa shape index (κ2) is 12.8. The summed E-state index contributed by atoms with van der Waals surface area (Å²) in [5, 5.41) is 0. The normalized spacial score (nSPS) is 11.2. The van der Waals surface area contributed by atoms with Crippen molar-refractivity contribution in [2.75, 3.05) is 0 Å². The van der Waals surface area contributed by atoms with Crippen molar-refractivity contribution in [1.29, 1.82) is 0 Å². The Hall–Kier alpha value is 0.168. The SMILES string of the molecule is CCC1=[C-]CC=C1.[CH3-].[CH3-].[CH3-].[Pt+4]. The Labute approximate surface area is 87.0 Å². The second-order valence-electron chi connectivity index (χ2n) is 1.66. The molecule has 0 aromatic heterocycles. The smallest absolute Gasteiger partial charge is 0.358 e. The maximum absolute atomic E-state index is 3.21. The Morgan fingerprint density at radius 3 is 2.09 bits per heavy atom. The largest absolute Gasteiger partial charge is 4.00 e. The quantitative estimate of drug-likeness (QED) is 0.645. The molecule has 68 valence electrons. The van der Waals surface area contributed by atoms with Gasteiger partial charge in [0.05, 0.1) is 0 Å². The number of rotatable bonds is 1. The minimum atomic E-state index is 0. The van der Waals surface area contributed by atoms with Crippen LogP contribution in [0.2, 0.25) is 0 Å². The van der Waals surface area contributed by atoms with E-state index in [0.717, 1.165) is 12.8 Å². The molecule has 0 saturated heterocycles. The van der Waals surface area contributed by atoms with Crippen LogP contribution >= 0.6 is 0 Å². The summed E-state index contributed by atoms with van der Waals surface area (Å²) in [6.45, 7) is 2.15. The molecule has 0 bridgehead atoms. The Kier molecular flexibility index (Phi) is 26.2. The third kappa shape index (κ3) is 8.07. The van der Waals surface area contributed by atoms with Gasteiger partial charge in [0.2, 0.25) is 0 Å². The van der Waals surface area contributed by atoms with E-state index in [9.17, 15) is 0 Å². The Balaban J connectivity index is -0.0000000612. The fourth-order valence-electron chi connectivity index (χ4n) is 0.693. The number of hydrogen-bond acceptors (Lipinski definition) is 0. The summed E-state index contributed by atoms with van der Waals surface area (Å²) in [6.07, 6.45) is 9.65. The summed E-state index contributed by atoms with van der Waals surface area (Å²) in [7, 11) is 0. The summed E-state index contributed by atoms with van der Waals surface area (Å²) < 4.78 is 0. The first-order valence-electron chi connectivity index (χ1n) is 2.69. The van der Waals surface area contributed by atoms with Crippen molar-refractivity contribution >= 4 is 0 Å². The Morgan fingerprint density at radius 1 is 1.36 bits per heavy atom. The van der Waals surface area contributed by atoms with Crippen LogP contribution in [-0.2, 0) is 21.1 Å². The van der Waals surface area contributed by atoms with Crippen molar-refractivity contribution in [3.8, 4) is 0 Å². The standard InChI is InChI=1S/C7H9.3CH3.Pt/c1-2-7-5-3-4-6-7;;;;/h3,5H,2,4H2,1H3;3*1H3;/q4*-1;+4. The molecule has 1 aliphatic rings. The van der Waals surface area contributed by atoms with E-state index in [2.05, 4.69) is 25.2 Å². The van der Waals surface area contributed by atoms with Crippen molar-refractivity contribution in [3.05, 3.63) is 46.1 Å². The fraction of sp³-hybridized carbons (Fsp3) is 0.300.